The number of hydrogen-bond acceptors (Lipinski definition) is 5. The van der Waals surface area contributed by atoms with E-state index in [0.717, 1.165) is 21.2 Å². The van der Waals surface area contributed by atoms with Crippen LogP contribution in [0.2, 0.25) is 0 Å². The number of halogens is 1. The lowest BCUT2D eigenvalue weighted by Crippen LogP contribution is -2.11. The zero-order chi connectivity index (χ0) is 15.0. The molecule has 108 valence electrons. The minimum absolute atomic E-state index is 0.375. The maximum Gasteiger partial charge on any atom is 0.248 e. The largest absolute Gasteiger partial charge is 0.337 e. The highest BCUT2D eigenvalue weighted by atomic mass is 79.9. The number of rotatable bonds is 3. The molecular weight excluding hydrogens is 334 g/mol. The van der Waals surface area contributed by atoms with Gasteiger partial charge in [0.1, 0.15) is 6.04 Å². The molecule has 0 saturated heterocycles. The van der Waals surface area contributed by atoms with Gasteiger partial charge in [0.15, 0.2) is 0 Å². The summed E-state index contributed by atoms with van der Waals surface area (Å²) < 4.78 is 7.99. The SMILES string of the molecule is Cc1cc(Br)ccc1-c1noc(C(N)c2cnn(C)c2)n1. The first-order valence-corrected chi connectivity index (χ1v) is 7.18. The van der Waals surface area contributed by atoms with Crippen molar-refractivity contribution in [3.05, 3.63) is 52.1 Å². The third-order valence-corrected chi connectivity index (χ3v) is 3.71. The zero-order valence-corrected chi connectivity index (χ0v) is 13.2. The molecule has 2 aromatic heterocycles. The standard InChI is InChI=1S/C14H14BrN5O/c1-8-5-10(15)3-4-11(8)13-18-14(21-19-13)12(16)9-6-17-20(2)7-9/h3-7,12H,16H2,1-2H3. The average Bonchev–Trinajstić information content (AvgIpc) is 3.07. The van der Waals surface area contributed by atoms with Crippen LogP contribution in [-0.2, 0) is 7.05 Å². The van der Waals surface area contributed by atoms with Gasteiger partial charge in [-0.2, -0.15) is 10.1 Å². The van der Waals surface area contributed by atoms with Crippen LogP contribution >= 0.6 is 15.9 Å². The molecule has 0 saturated carbocycles. The summed E-state index contributed by atoms with van der Waals surface area (Å²) in [5.41, 5.74) is 8.94. The first kappa shape index (κ1) is 14.0. The Kier molecular flexibility index (Phi) is 3.60. The molecule has 0 aliphatic heterocycles. The Bertz CT molecular complexity index is 779. The molecule has 2 heterocycles. The molecule has 0 spiro atoms. The van der Waals surface area contributed by atoms with Gasteiger partial charge in [-0.05, 0) is 30.7 Å². The van der Waals surface area contributed by atoms with E-state index in [1.54, 1.807) is 10.9 Å². The summed E-state index contributed by atoms with van der Waals surface area (Å²) in [6.45, 7) is 2.00. The fourth-order valence-corrected chi connectivity index (χ4v) is 2.57. The Morgan fingerprint density at radius 3 is 2.86 bits per heavy atom. The van der Waals surface area contributed by atoms with E-state index in [4.69, 9.17) is 10.3 Å². The maximum atomic E-state index is 6.13. The van der Waals surface area contributed by atoms with Crippen molar-refractivity contribution in [1.82, 2.24) is 19.9 Å². The van der Waals surface area contributed by atoms with Gasteiger partial charge in [-0.15, -0.1) is 0 Å². The molecule has 0 amide bonds. The van der Waals surface area contributed by atoms with Gasteiger partial charge >= 0.3 is 0 Å². The molecule has 1 unspecified atom stereocenters. The van der Waals surface area contributed by atoms with Crippen molar-refractivity contribution < 1.29 is 4.52 Å². The van der Waals surface area contributed by atoms with Gasteiger partial charge < -0.3 is 10.3 Å². The van der Waals surface area contributed by atoms with Crippen LogP contribution in [0, 0.1) is 6.92 Å². The quantitative estimate of drug-likeness (QED) is 0.787. The molecule has 2 N–H and O–H groups in total. The van der Waals surface area contributed by atoms with E-state index in [-0.39, 0.29) is 0 Å². The second-order valence-electron chi connectivity index (χ2n) is 4.84. The van der Waals surface area contributed by atoms with Crippen molar-refractivity contribution in [2.75, 3.05) is 0 Å². The second kappa shape index (κ2) is 5.42. The Morgan fingerprint density at radius 1 is 1.38 bits per heavy atom. The predicted molar refractivity (Wildman–Crippen MR) is 81.4 cm³/mol. The smallest absolute Gasteiger partial charge is 0.248 e. The summed E-state index contributed by atoms with van der Waals surface area (Å²) in [5.74, 6) is 0.912. The fourth-order valence-electron chi connectivity index (χ4n) is 2.09. The molecule has 0 radical (unpaired) electrons. The van der Waals surface area contributed by atoms with Crippen molar-refractivity contribution in [2.24, 2.45) is 12.8 Å². The van der Waals surface area contributed by atoms with Crippen molar-refractivity contribution in [3.8, 4) is 11.4 Å². The monoisotopic (exact) mass is 347 g/mol. The topological polar surface area (TPSA) is 82.8 Å². The third kappa shape index (κ3) is 2.74. The molecule has 6 nitrogen and oxygen atoms in total. The normalized spacial score (nSPS) is 12.6. The van der Waals surface area contributed by atoms with Gasteiger partial charge in [0.2, 0.25) is 11.7 Å². The van der Waals surface area contributed by atoms with Crippen LogP contribution in [0.1, 0.15) is 23.1 Å². The highest BCUT2D eigenvalue weighted by molar-refractivity contribution is 9.10. The molecule has 0 fully saturated rings. The number of benzene rings is 1. The minimum atomic E-state index is -0.476. The molecule has 1 atom stereocenters. The summed E-state index contributed by atoms with van der Waals surface area (Å²) >= 11 is 3.44. The highest BCUT2D eigenvalue weighted by Crippen LogP contribution is 2.26. The van der Waals surface area contributed by atoms with E-state index < -0.39 is 6.04 Å². The molecule has 0 aliphatic rings. The second-order valence-corrected chi connectivity index (χ2v) is 5.76. The minimum Gasteiger partial charge on any atom is -0.337 e. The zero-order valence-electron chi connectivity index (χ0n) is 11.6. The molecule has 7 heteroatoms. The van der Waals surface area contributed by atoms with Crippen molar-refractivity contribution in [2.45, 2.75) is 13.0 Å². The Morgan fingerprint density at radius 2 is 2.19 bits per heavy atom. The Hall–Kier alpha value is -1.99. The van der Waals surface area contributed by atoms with Gasteiger partial charge in [0.05, 0.1) is 6.20 Å². The molecule has 3 aromatic rings. The molecular formula is C14H14BrN5O. The number of nitrogens with zero attached hydrogens (tertiary/aromatic N) is 4. The van der Waals surface area contributed by atoms with Gasteiger partial charge in [-0.3, -0.25) is 4.68 Å². The van der Waals surface area contributed by atoms with Crippen LogP contribution < -0.4 is 5.73 Å². The summed E-state index contributed by atoms with van der Waals surface area (Å²) in [4.78, 5) is 4.40. The molecule has 3 rings (SSSR count). The van der Waals surface area contributed by atoms with Gasteiger partial charge in [-0.25, -0.2) is 0 Å². The van der Waals surface area contributed by atoms with Gasteiger partial charge in [-0.1, -0.05) is 21.1 Å². The lowest BCUT2D eigenvalue weighted by Gasteiger charge is -2.02. The first-order valence-electron chi connectivity index (χ1n) is 6.39. The number of aryl methyl sites for hydroxylation is 2. The van der Waals surface area contributed by atoms with Crippen LogP contribution in [0.4, 0.5) is 0 Å². The van der Waals surface area contributed by atoms with E-state index in [9.17, 15) is 0 Å². The number of aromatic nitrogens is 4. The molecule has 1 aromatic carbocycles. The van der Waals surface area contributed by atoms with E-state index in [1.165, 1.54) is 0 Å². The van der Waals surface area contributed by atoms with E-state index in [2.05, 4.69) is 31.2 Å². The molecule has 0 bridgehead atoms. The Balaban J connectivity index is 1.92. The molecule has 0 aliphatic carbocycles. The predicted octanol–water partition coefficient (Wildman–Crippen LogP) is 2.59. The fraction of sp³-hybridized carbons (Fsp3) is 0.214. The average molecular weight is 348 g/mol. The first-order chi connectivity index (χ1) is 10.0. The summed E-state index contributed by atoms with van der Waals surface area (Å²) in [5, 5.41) is 8.12. The third-order valence-electron chi connectivity index (χ3n) is 3.22. The van der Waals surface area contributed by atoms with E-state index in [0.29, 0.717) is 11.7 Å². The van der Waals surface area contributed by atoms with Crippen molar-refractivity contribution in [1.29, 1.82) is 0 Å². The summed E-state index contributed by atoms with van der Waals surface area (Å²) in [7, 11) is 1.83. The van der Waals surface area contributed by atoms with E-state index in [1.807, 2.05) is 38.4 Å². The summed E-state index contributed by atoms with van der Waals surface area (Å²) in [6.07, 6.45) is 3.53. The van der Waals surface area contributed by atoms with Gasteiger partial charge in [0, 0.05) is 28.8 Å². The van der Waals surface area contributed by atoms with Crippen LogP contribution in [0.15, 0.2) is 39.6 Å². The van der Waals surface area contributed by atoms with Gasteiger partial charge in [0.25, 0.3) is 0 Å². The lowest BCUT2D eigenvalue weighted by molar-refractivity contribution is 0.367. The Labute approximate surface area is 130 Å². The van der Waals surface area contributed by atoms with Crippen molar-refractivity contribution in [3.63, 3.8) is 0 Å². The van der Waals surface area contributed by atoms with Crippen LogP contribution in [0.5, 0.6) is 0 Å². The van der Waals surface area contributed by atoms with E-state index >= 15 is 0 Å². The van der Waals surface area contributed by atoms with Crippen LogP contribution in [0.25, 0.3) is 11.4 Å². The van der Waals surface area contributed by atoms with Crippen LogP contribution in [0.3, 0.4) is 0 Å². The number of nitrogens with two attached hydrogens (primary N) is 1. The lowest BCUT2D eigenvalue weighted by atomic mass is 10.1. The maximum absolute atomic E-state index is 6.13. The number of hydrogen-bond donors (Lipinski definition) is 1. The summed E-state index contributed by atoms with van der Waals surface area (Å²) in [6, 6.07) is 5.42. The van der Waals surface area contributed by atoms with Crippen LogP contribution in [-0.4, -0.2) is 19.9 Å². The highest BCUT2D eigenvalue weighted by Gasteiger charge is 2.19. The molecule has 21 heavy (non-hydrogen) atoms. The van der Waals surface area contributed by atoms with Crippen molar-refractivity contribution >= 4 is 15.9 Å².